The van der Waals surface area contributed by atoms with Crippen LogP contribution >= 0.6 is 0 Å². The van der Waals surface area contributed by atoms with E-state index in [0.717, 1.165) is 6.26 Å². The van der Waals surface area contributed by atoms with Gasteiger partial charge in [0.05, 0.1) is 25.1 Å². The highest BCUT2D eigenvalue weighted by Gasteiger charge is 2.18. The van der Waals surface area contributed by atoms with Crippen molar-refractivity contribution in [3.05, 3.63) is 65.5 Å². The number of nitrogens with zero attached hydrogens (tertiary/aromatic N) is 1. The molecule has 6 nitrogen and oxygen atoms in total. The van der Waals surface area contributed by atoms with Crippen LogP contribution in [0.3, 0.4) is 0 Å². The van der Waals surface area contributed by atoms with Gasteiger partial charge in [0, 0.05) is 19.2 Å². The summed E-state index contributed by atoms with van der Waals surface area (Å²) in [5.74, 6) is -0.651. The Labute approximate surface area is 152 Å². The highest BCUT2D eigenvalue weighted by Crippen LogP contribution is 2.21. The first-order valence-corrected chi connectivity index (χ1v) is 9.75. The molecule has 0 aliphatic carbocycles. The number of ether oxygens (including phenoxy) is 1. The van der Waals surface area contributed by atoms with Gasteiger partial charge in [-0.2, -0.15) is 0 Å². The van der Waals surface area contributed by atoms with Gasteiger partial charge in [-0.25, -0.2) is 12.8 Å². The predicted molar refractivity (Wildman–Crippen MR) is 98.1 cm³/mol. The van der Waals surface area contributed by atoms with Gasteiger partial charge in [0.1, 0.15) is 5.82 Å². The minimum absolute atomic E-state index is 0.0680. The molecule has 0 aliphatic heterocycles. The highest BCUT2D eigenvalue weighted by atomic mass is 32.2. The van der Waals surface area contributed by atoms with Crippen molar-refractivity contribution in [1.29, 1.82) is 0 Å². The summed E-state index contributed by atoms with van der Waals surface area (Å²) in [6.07, 6.45) is 1.10. The van der Waals surface area contributed by atoms with Crippen LogP contribution in [0, 0.1) is 5.82 Å². The van der Waals surface area contributed by atoms with E-state index in [0.29, 0.717) is 30.0 Å². The summed E-state index contributed by atoms with van der Waals surface area (Å²) < 4.78 is 43.4. The number of rotatable bonds is 8. The Bertz CT molecular complexity index is 836. The monoisotopic (exact) mass is 380 g/mol. The summed E-state index contributed by atoms with van der Waals surface area (Å²) in [6.45, 7) is 0.860. The van der Waals surface area contributed by atoms with Crippen LogP contribution in [0.5, 0.6) is 0 Å². The normalized spacial score (nSPS) is 11.2. The van der Waals surface area contributed by atoms with E-state index >= 15 is 0 Å². The zero-order valence-corrected chi connectivity index (χ0v) is 15.4. The van der Waals surface area contributed by atoms with E-state index in [-0.39, 0.29) is 18.3 Å². The van der Waals surface area contributed by atoms with Gasteiger partial charge in [0.2, 0.25) is 10.0 Å². The van der Waals surface area contributed by atoms with E-state index in [4.69, 9.17) is 4.74 Å². The van der Waals surface area contributed by atoms with Crippen LogP contribution < -0.4 is 9.62 Å². The summed E-state index contributed by atoms with van der Waals surface area (Å²) in [6, 6.07) is 11.9. The number of nitrogens with one attached hydrogen (secondary N) is 1. The molecule has 0 aromatic heterocycles. The van der Waals surface area contributed by atoms with Crippen molar-refractivity contribution < 1.29 is 22.3 Å². The number of sulfonamides is 1. The lowest BCUT2D eigenvalue weighted by atomic mass is 10.1. The Morgan fingerprint density at radius 1 is 1.12 bits per heavy atom. The van der Waals surface area contributed by atoms with E-state index in [1.54, 1.807) is 31.4 Å². The molecule has 0 saturated carbocycles. The molecule has 0 unspecified atom stereocenters. The Balaban J connectivity index is 2.18. The third-order valence-corrected chi connectivity index (χ3v) is 4.79. The lowest BCUT2D eigenvalue weighted by Crippen LogP contribution is -2.29. The second-order valence-electron chi connectivity index (χ2n) is 5.69. The van der Waals surface area contributed by atoms with Crippen LogP contribution in [0.1, 0.15) is 15.9 Å². The maximum absolute atomic E-state index is 13.0. The molecule has 1 amide bonds. The SMILES string of the molecule is COCCNC(=O)c1ccc(N(Cc2ccc(F)cc2)S(C)(=O)=O)cc1. The van der Waals surface area contributed by atoms with Crippen molar-refractivity contribution in [1.82, 2.24) is 5.32 Å². The minimum Gasteiger partial charge on any atom is -0.383 e. The summed E-state index contributed by atoms with van der Waals surface area (Å²) in [5.41, 5.74) is 1.49. The largest absolute Gasteiger partial charge is 0.383 e. The van der Waals surface area contributed by atoms with Crippen LogP contribution in [-0.4, -0.2) is 40.8 Å². The van der Waals surface area contributed by atoms with Gasteiger partial charge in [0.15, 0.2) is 0 Å². The lowest BCUT2D eigenvalue weighted by Gasteiger charge is -2.22. The van der Waals surface area contributed by atoms with E-state index in [2.05, 4.69) is 5.32 Å². The highest BCUT2D eigenvalue weighted by molar-refractivity contribution is 7.92. The third-order valence-electron chi connectivity index (χ3n) is 3.65. The quantitative estimate of drug-likeness (QED) is 0.712. The van der Waals surface area contributed by atoms with Gasteiger partial charge in [-0.05, 0) is 42.0 Å². The number of methoxy groups -OCH3 is 1. The van der Waals surface area contributed by atoms with Crippen LogP contribution in [0.4, 0.5) is 10.1 Å². The maximum atomic E-state index is 13.0. The molecule has 26 heavy (non-hydrogen) atoms. The standard InChI is InChI=1S/C18H21FN2O4S/c1-25-12-11-20-18(22)15-5-9-17(10-6-15)21(26(2,23)24)13-14-3-7-16(19)8-4-14/h3-10H,11-13H2,1-2H3,(H,20,22). The molecule has 0 fully saturated rings. The number of carbonyl (C=O) groups excluding carboxylic acids is 1. The smallest absolute Gasteiger partial charge is 0.251 e. The van der Waals surface area contributed by atoms with Crippen molar-refractivity contribution in [2.75, 3.05) is 30.8 Å². The van der Waals surface area contributed by atoms with Gasteiger partial charge in [-0.15, -0.1) is 0 Å². The van der Waals surface area contributed by atoms with Crippen LogP contribution in [0.15, 0.2) is 48.5 Å². The lowest BCUT2D eigenvalue weighted by molar-refractivity contribution is 0.0937. The summed E-state index contributed by atoms with van der Waals surface area (Å²) in [7, 11) is -2.01. The number of carbonyl (C=O) groups is 1. The molecule has 1 N–H and O–H groups in total. The van der Waals surface area contributed by atoms with Gasteiger partial charge in [-0.1, -0.05) is 12.1 Å². The molecule has 8 heteroatoms. The Morgan fingerprint density at radius 3 is 2.27 bits per heavy atom. The number of amides is 1. The van der Waals surface area contributed by atoms with Gasteiger partial charge >= 0.3 is 0 Å². The number of benzene rings is 2. The molecule has 0 radical (unpaired) electrons. The van der Waals surface area contributed by atoms with Crippen LogP contribution in [0.25, 0.3) is 0 Å². The summed E-state index contributed by atoms with van der Waals surface area (Å²) in [5, 5.41) is 2.69. The fourth-order valence-corrected chi connectivity index (χ4v) is 3.19. The van der Waals surface area contributed by atoms with E-state index in [9.17, 15) is 17.6 Å². The van der Waals surface area contributed by atoms with Crippen molar-refractivity contribution in [2.45, 2.75) is 6.54 Å². The third kappa shape index (κ3) is 5.53. The second-order valence-corrected chi connectivity index (χ2v) is 7.60. The topological polar surface area (TPSA) is 75.7 Å². The average molecular weight is 380 g/mol. The average Bonchev–Trinajstić information content (AvgIpc) is 2.60. The first-order valence-electron chi connectivity index (χ1n) is 7.90. The first kappa shape index (κ1) is 19.9. The van der Waals surface area contributed by atoms with E-state index in [1.165, 1.54) is 28.6 Å². The zero-order valence-electron chi connectivity index (χ0n) is 14.6. The van der Waals surface area contributed by atoms with Gasteiger partial charge < -0.3 is 10.1 Å². The molecule has 0 heterocycles. The van der Waals surface area contributed by atoms with Crippen LogP contribution in [-0.2, 0) is 21.3 Å². The van der Waals surface area contributed by atoms with Crippen LogP contribution in [0.2, 0.25) is 0 Å². The number of hydrogen-bond acceptors (Lipinski definition) is 4. The number of anilines is 1. The zero-order chi connectivity index (χ0) is 19.2. The second kappa shape index (κ2) is 8.77. The molecule has 0 aliphatic rings. The van der Waals surface area contributed by atoms with Crippen molar-refractivity contribution in [3.63, 3.8) is 0 Å². The molecule has 0 spiro atoms. The van der Waals surface area contributed by atoms with E-state index in [1.807, 2.05) is 0 Å². The van der Waals surface area contributed by atoms with Gasteiger partial charge in [0.25, 0.3) is 5.91 Å². The number of hydrogen-bond donors (Lipinski definition) is 1. The molecular formula is C18H21FN2O4S. The summed E-state index contributed by atoms with van der Waals surface area (Å²) >= 11 is 0. The Kier molecular flexibility index (Phi) is 6.70. The molecule has 0 atom stereocenters. The fourth-order valence-electron chi connectivity index (χ4n) is 2.30. The minimum atomic E-state index is -3.55. The fraction of sp³-hybridized carbons (Fsp3) is 0.278. The molecule has 0 saturated heterocycles. The van der Waals surface area contributed by atoms with Crippen molar-refractivity contribution in [3.8, 4) is 0 Å². The molecule has 140 valence electrons. The van der Waals surface area contributed by atoms with Crippen molar-refractivity contribution in [2.24, 2.45) is 0 Å². The van der Waals surface area contributed by atoms with E-state index < -0.39 is 10.0 Å². The first-order chi connectivity index (χ1) is 12.3. The van der Waals surface area contributed by atoms with Gasteiger partial charge in [-0.3, -0.25) is 9.10 Å². The molecular weight excluding hydrogens is 359 g/mol. The van der Waals surface area contributed by atoms with Crippen molar-refractivity contribution >= 4 is 21.6 Å². The number of halogens is 1. The summed E-state index contributed by atoms with van der Waals surface area (Å²) in [4.78, 5) is 12.0. The molecule has 2 aromatic carbocycles. The predicted octanol–water partition coefficient (Wildman–Crippen LogP) is 2.17. The molecule has 2 rings (SSSR count). The Hall–Kier alpha value is -2.45. The molecule has 0 bridgehead atoms. The molecule has 2 aromatic rings. The Morgan fingerprint density at radius 2 is 1.73 bits per heavy atom. The maximum Gasteiger partial charge on any atom is 0.251 e.